The second-order valence-electron chi connectivity index (χ2n) is 3.03. The third-order valence-electron chi connectivity index (χ3n) is 2.11. The van der Waals surface area contributed by atoms with E-state index in [4.69, 9.17) is 5.73 Å². The van der Waals surface area contributed by atoms with Gasteiger partial charge in [-0.1, -0.05) is 12.1 Å². The van der Waals surface area contributed by atoms with Crippen molar-refractivity contribution in [2.24, 2.45) is 0 Å². The van der Waals surface area contributed by atoms with Crippen LogP contribution in [-0.4, -0.2) is 10.1 Å². The quantitative estimate of drug-likeness (QED) is 0.640. The van der Waals surface area contributed by atoms with Gasteiger partial charge in [0.1, 0.15) is 11.6 Å². The molecule has 3 N–H and O–H groups in total. The van der Waals surface area contributed by atoms with E-state index in [2.05, 4.69) is 4.98 Å². The van der Waals surface area contributed by atoms with Crippen molar-refractivity contribution < 1.29 is 5.11 Å². The molecule has 3 heteroatoms. The Morgan fingerprint density at radius 1 is 1.38 bits per heavy atom. The number of rotatable bonds is 0. The third-order valence-corrected chi connectivity index (χ3v) is 2.11. The number of pyridine rings is 1. The van der Waals surface area contributed by atoms with Crippen LogP contribution in [0.15, 0.2) is 24.4 Å². The molecule has 0 bridgehead atoms. The monoisotopic (exact) mass is 174 g/mol. The van der Waals surface area contributed by atoms with Crippen LogP contribution in [0.2, 0.25) is 0 Å². The Labute approximate surface area is 75.8 Å². The lowest BCUT2D eigenvalue weighted by Gasteiger charge is -2.05. The normalized spacial score (nSPS) is 10.5. The largest absolute Gasteiger partial charge is 0.507 e. The van der Waals surface area contributed by atoms with Gasteiger partial charge in [0.25, 0.3) is 0 Å². The highest BCUT2D eigenvalue weighted by molar-refractivity contribution is 5.96. The molecule has 0 aliphatic carbocycles. The fourth-order valence-electron chi connectivity index (χ4n) is 1.47. The number of nitrogens with two attached hydrogens (primary N) is 1. The van der Waals surface area contributed by atoms with Gasteiger partial charge in [-0.25, -0.2) is 4.98 Å². The number of phenolic OH excluding ortho intramolecular Hbond substituents is 1. The summed E-state index contributed by atoms with van der Waals surface area (Å²) in [6.07, 6.45) is 1.66. The molecule has 0 radical (unpaired) electrons. The first-order valence-electron chi connectivity index (χ1n) is 4.03. The zero-order valence-electron chi connectivity index (χ0n) is 7.28. The Kier molecular flexibility index (Phi) is 1.59. The second-order valence-corrected chi connectivity index (χ2v) is 3.03. The first-order chi connectivity index (χ1) is 6.20. The number of benzene rings is 1. The summed E-state index contributed by atoms with van der Waals surface area (Å²) in [4.78, 5) is 4.01. The van der Waals surface area contributed by atoms with E-state index in [1.807, 2.05) is 13.0 Å². The predicted molar refractivity (Wildman–Crippen MR) is 52.6 cm³/mol. The number of aryl methyl sites for hydroxylation is 1. The molecule has 3 nitrogen and oxygen atoms in total. The standard InChI is InChI=1S/C10H10N2O/c1-6-5-12-10(11)7-3-2-4-8(13)9(6)7/h2-5,13H,1H3,(H2,11,12). The molecule has 0 atom stereocenters. The van der Waals surface area contributed by atoms with Crippen molar-refractivity contribution in [3.8, 4) is 5.75 Å². The highest BCUT2D eigenvalue weighted by atomic mass is 16.3. The summed E-state index contributed by atoms with van der Waals surface area (Å²) in [5.74, 6) is 0.709. The molecule has 0 saturated heterocycles. The van der Waals surface area contributed by atoms with Gasteiger partial charge in [0.05, 0.1) is 0 Å². The fraction of sp³-hybridized carbons (Fsp3) is 0.100. The lowest BCUT2D eigenvalue weighted by Crippen LogP contribution is -1.92. The number of phenols is 1. The molecule has 1 aromatic carbocycles. The molecule has 0 aliphatic rings. The molecule has 2 aromatic rings. The van der Waals surface area contributed by atoms with Crippen molar-refractivity contribution in [2.75, 3.05) is 5.73 Å². The minimum Gasteiger partial charge on any atom is -0.507 e. The Hall–Kier alpha value is -1.77. The van der Waals surface area contributed by atoms with Gasteiger partial charge >= 0.3 is 0 Å². The van der Waals surface area contributed by atoms with Crippen molar-refractivity contribution in [1.29, 1.82) is 0 Å². The lowest BCUT2D eigenvalue weighted by atomic mass is 10.1. The summed E-state index contributed by atoms with van der Waals surface area (Å²) in [5, 5.41) is 11.2. The Bertz CT molecular complexity index is 457. The Morgan fingerprint density at radius 3 is 2.85 bits per heavy atom. The van der Waals surface area contributed by atoms with Gasteiger partial charge in [0.15, 0.2) is 0 Å². The molecule has 1 aromatic heterocycles. The van der Waals surface area contributed by atoms with Crippen LogP contribution in [0.1, 0.15) is 5.56 Å². The molecule has 0 amide bonds. The zero-order valence-corrected chi connectivity index (χ0v) is 7.28. The van der Waals surface area contributed by atoms with E-state index < -0.39 is 0 Å². The average Bonchev–Trinajstić information content (AvgIpc) is 2.12. The molecule has 0 fully saturated rings. The van der Waals surface area contributed by atoms with E-state index >= 15 is 0 Å². The van der Waals surface area contributed by atoms with E-state index in [-0.39, 0.29) is 5.75 Å². The molecule has 1 heterocycles. The van der Waals surface area contributed by atoms with Gasteiger partial charge in [-0.05, 0) is 18.6 Å². The molecule has 0 saturated carbocycles. The maximum absolute atomic E-state index is 9.59. The van der Waals surface area contributed by atoms with E-state index in [0.717, 1.165) is 16.3 Å². The molecule has 0 unspecified atom stereocenters. The van der Waals surface area contributed by atoms with Crippen molar-refractivity contribution in [2.45, 2.75) is 6.92 Å². The van der Waals surface area contributed by atoms with Gasteiger partial charge in [-0.2, -0.15) is 0 Å². The summed E-state index contributed by atoms with van der Waals surface area (Å²) >= 11 is 0. The minimum atomic E-state index is 0.254. The van der Waals surface area contributed by atoms with Gasteiger partial charge < -0.3 is 10.8 Å². The lowest BCUT2D eigenvalue weighted by molar-refractivity contribution is 0.481. The summed E-state index contributed by atoms with van der Waals surface area (Å²) in [7, 11) is 0. The molecule has 0 aliphatic heterocycles. The van der Waals surface area contributed by atoms with Crippen LogP contribution in [-0.2, 0) is 0 Å². The maximum Gasteiger partial charge on any atom is 0.131 e. The number of anilines is 1. The first kappa shape index (κ1) is 7.86. The van der Waals surface area contributed by atoms with Crippen LogP contribution < -0.4 is 5.73 Å². The molecule has 66 valence electrons. The van der Waals surface area contributed by atoms with Crippen LogP contribution in [0.25, 0.3) is 10.8 Å². The summed E-state index contributed by atoms with van der Waals surface area (Å²) in [6, 6.07) is 5.26. The molecular formula is C10H10N2O. The third kappa shape index (κ3) is 1.09. The molecule has 0 spiro atoms. The topological polar surface area (TPSA) is 59.1 Å². The first-order valence-corrected chi connectivity index (χ1v) is 4.03. The zero-order chi connectivity index (χ0) is 9.42. The van der Waals surface area contributed by atoms with Gasteiger partial charge in [-0.3, -0.25) is 0 Å². The number of aromatic nitrogens is 1. The smallest absolute Gasteiger partial charge is 0.131 e. The Morgan fingerprint density at radius 2 is 2.15 bits per heavy atom. The van der Waals surface area contributed by atoms with Gasteiger partial charge in [0.2, 0.25) is 0 Å². The van der Waals surface area contributed by atoms with Crippen LogP contribution >= 0.6 is 0 Å². The summed E-state index contributed by atoms with van der Waals surface area (Å²) in [6.45, 7) is 1.90. The molecular weight excluding hydrogens is 164 g/mol. The Balaban J connectivity index is 3.00. The van der Waals surface area contributed by atoms with Crippen molar-refractivity contribution in [1.82, 2.24) is 4.98 Å². The van der Waals surface area contributed by atoms with Gasteiger partial charge in [0, 0.05) is 17.0 Å². The number of nitrogen functional groups attached to an aromatic ring is 1. The number of hydrogen-bond donors (Lipinski definition) is 2. The van der Waals surface area contributed by atoms with Crippen LogP contribution in [0.4, 0.5) is 5.82 Å². The van der Waals surface area contributed by atoms with E-state index in [0.29, 0.717) is 5.82 Å². The number of hydrogen-bond acceptors (Lipinski definition) is 3. The van der Waals surface area contributed by atoms with Gasteiger partial charge in [-0.15, -0.1) is 0 Å². The van der Waals surface area contributed by atoms with Crippen molar-refractivity contribution in [3.05, 3.63) is 30.0 Å². The average molecular weight is 174 g/mol. The molecule has 13 heavy (non-hydrogen) atoms. The van der Waals surface area contributed by atoms with Crippen LogP contribution in [0.3, 0.4) is 0 Å². The number of fused-ring (bicyclic) bond motifs is 1. The van der Waals surface area contributed by atoms with E-state index in [9.17, 15) is 5.11 Å². The van der Waals surface area contributed by atoms with E-state index in [1.54, 1.807) is 18.3 Å². The van der Waals surface area contributed by atoms with Crippen LogP contribution in [0, 0.1) is 6.92 Å². The predicted octanol–water partition coefficient (Wildman–Crippen LogP) is 1.83. The second kappa shape index (κ2) is 2.62. The summed E-state index contributed by atoms with van der Waals surface area (Å²) in [5.41, 5.74) is 6.60. The fourth-order valence-corrected chi connectivity index (χ4v) is 1.47. The highest BCUT2D eigenvalue weighted by Crippen LogP contribution is 2.29. The molecule has 2 rings (SSSR count). The number of nitrogens with zero attached hydrogens (tertiary/aromatic N) is 1. The van der Waals surface area contributed by atoms with Crippen molar-refractivity contribution in [3.63, 3.8) is 0 Å². The maximum atomic E-state index is 9.59. The van der Waals surface area contributed by atoms with E-state index in [1.165, 1.54) is 0 Å². The minimum absolute atomic E-state index is 0.254. The highest BCUT2D eigenvalue weighted by Gasteiger charge is 2.05. The SMILES string of the molecule is Cc1cnc(N)c2cccc(O)c12. The summed E-state index contributed by atoms with van der Waals surface area (Å²) < 4.78 is 0. The number of aromatic hydroxyl groups is 1. The van der Waals surface area contributed by atoms with Crippen LogP contribution in [0.5, 0.6) is 5.75 Å². The van der Waals surface area contributed by atoms with Crippen molar-refractivity contribution >= 4 is 16.6 Å².